The third-order valence-corrected chi connectivity index (χ3v) is 6.02. The molecule has 7 nitrogen and oxygen atoms in total. The maximum absolute atomic E-state index is 13.3. The fraction of sp³-hybridized carbons (Fsp3) is 0.400. The molecule has 1 heterocycles. The quantitative estimate of drug-likeness (QED) is 0.522. The van der Waals surface area contributed by atoms with E-state index in [9.17, 15) is 14.4 Å². The Hall–Kier alpha value is -3.19. The molecule has 1 fully saturated rings. The second-order valence-corrected chi connectivity index (χ2v) is 8.48. The third-order valence-electron chi connectivity index (χ3n) is 6.02. The van der Waals surface area contributed by atoms with Gasteiger partial charge in [-0.2, -0.15) is 0 Å². The molecule has 0 aliphatic carbocycles. The Kier molecular flexibility index (Phi) is 7.30. The van der Waals surface area contributed by atoms with Gasteiger partial charge in [0, 0.05) is 5.92 Å². The highest BCUT2D eigenvalue weighted by atomic mass is 16.6. The summed E-state index contributed by atoms with van der Waals surface area (Å²) in [6.45, 7) is 3.69. The first-order valence-electron chi connectivity index (χ1n) is 10.7. The van der Waals surface area contributed by atoms with E-state index >= 15 is 0 Å². The number of epoxide rings is 1. The molecular weight excluding hydrogens is 408 g/mol. The van der Waals surface area contributed by atoms with Crippen LogP contribution in [0.25, 0.3) is 0 Å². The number of ether oxygens (including phenoxy) is 2. The largest absolute Gasteiger partial charge is 0.497 e. The molecule has 1 saturated heterocycles. The number of amides is 2. The van der Waals surface area contributed by atoms with E-state index in [-0.39, 0.29) is 11.7 Å². The van der Waals surface area contributed by atoms with Gasteiger partial charge in [0.05, 0.1) is 25.7 Å². The van der Waals surface area contributed by atoms with Crippen LogP contribution in [0.2, 0.25) is 0 Å². The molecule has 2 amide bonds. The Morgan fingerprint density at radius 3 is 2.19 bits per heavy atom. The fourth-order valence-corrected chi connectivity index (χ4v) is 3.67. The number of rotatable bonds is 11. The van der Waals surface area contributed by atoms with Crippen LogP contribution < -0.4 is 15.8 Å². The molecule has 0 radical (unpaired) electrons. The maximum Gasteiger partial charge on any atom is 0.224 e. The van der Waals surface area contributed by atoms with Gasteiger partial charge >= 0.3 is 0 Å². The van der Waals surface area contributed by atoms with Gasteiger partial charge in [0.2, 0.25) is 11.8 Å². The summed E-state index contributed by atoms with van der Waals surface area (Å²) >= 11 is 0. The minimum atomic E-state index is -0.881. The lowest BCUT2D eigenvalue weighted by atomic mass is 9.85. The Labute approximate surface area is 188 Å². The standard InChI is InChI=1S/C25H30N2O5/c1-16(23(26)29)20(13-18-9-11-19(31-3)12-10-18)24(30)27-21(22(28)25(2)15-32-25)14-17-7-5-4-6-8-17/h4-12,16,20-21H,13-15H2,1-3H3,(H2,26,29)(H,27,30)/t16?,20-,21-,25+/m0/s1. The van der Waals surface area contributed by atoms with Crippen LogP contribution in [0.15, 0.2) is 54.6 Å². The summed E-state index contributed by atoms with van der Waals surface area (Å²) in [5.74, 6) is -1.86. The zero-order valence-electron chi connectivity index (χ0n) is 18.7. The van der Waals surface area contributed by atoms with E-state index in [1.54, 1.807) is 33.1 Å². The second kappa shape index (κ2) is 9.96. The van der Waals surface area contributed by atoms with Crippen LogP contribution >= 0.6 is 0 Å². The first kappa shape index (κ1) is 23.5. The predicted molar refractivity (Wildman–Crippen MR) is 120 cm³/mol. The molecule has 1 aliphatic rings. The van der Waals surface area contributed by atoms with Gasteiger partial charge < -0.3 is 20.5 Å². The molecule has 3 rings (SSSR count). The molecule has 7 heteroatoms. The van der Waals surface area contributed by atoms with Gasteiger partial charge in [-0.3, -0.25) is 14.4 Å². The summed E-state index contributed by atoms with van der Waals surface area (Å²) in [5.41, 5.74) is 6.44. The molecule has 3 N–H and O–H groups in total. The van der Waals surface area contributed by atoms with E-state index in [0.717, 1.165) is 11.1 Å². The van der Waals surface area contributed by atoms with Crippen LogP contribution in [0.4, 0.5) is 0 Å². The molecule has 0 saturated carbocycles. The van der Waals surface area contributed by atoms with Crippen LogP contribution in [0, 0.1) is 11.8 Å². The van der Waals surface area contributed by atoms with Crippen molar-refractivity contribution in [1.82, 2.24) is 5.32 Å². The van der Waals surface area contributed by atoms with Gasteiger partial charge in [-0.1, -0.05) is 49.4 Å². The summed E-state index contributed by atoms with van der Waals surface area (Å²) in [4.78, 5) is 38.4. The smallest absolute Gasteiger partial charge is 0.224 e. The number of ketones is 1. The Balaban J connectivity index is 1.81. The van der Waals surface area contributed by atoms with E-state index in [2.05, 4.69) is 5.32 Å². The Bertz CT molecular complexity index is 954. The fourth-order valence-electron chi connectivity index (χ4n) is 3.67. The number of nitrogens with two attached hydrogens (primary N) is 1. The summed E-state index contributed by atoms with van der Waals surface area (Å²) in [6.07, 6.45) is 0.643. The molecule has 4 atom stereocenters. The first-order valence-corrected chi connectivity index (χ1v) is 10.7. The van der Waals surface area contributed by atoms with Crippen molar-refractivity contribution in [2.75, 3.05) is 13.7 Å². The van der Waals surface area contributed by atoms with Crippen molar-refractivity contribution in [1.29, 1.82) is 0 Å². The molecule has 170 valence electrons. The lowest BCUT2D eigenvalue weighted by molar-refractivity contribution is -0.135. The number of hydrogen-bond donors (Lipinski definition) is 2. The minimum absolute atomic E-state index is 0.176. The van der Waals surface area contributed by atoms with Gasteiger partial charge in [-0.25, -0.2) is 0 Å². The van der Waals surface area contributed by atoms with Crippen molar-refractivity contribution in [3.05, 3.63) is 65.7 Å². The van der Waals surface area contributed by atoms with E-state index < -0.39 is 29.4 Å². The first-order chi connectivity index (χ1) is 15.2. The number of nitrogens with one attached hydrogen (secondary N) is 1. The SMILES string of the molecule is COc1ccc(C[C@H](C(=O)N[C@@H](Cc2ccccc2)C(=O)[C@@]2(C)CO2)C(C)C(N)=O)cc1. The van der Waals surface area contributed by atoms with Gasteiger partial charge in [-0.05, 0) is 43.0 Å². The molecular formula is C25H30N2O5. The number of benzene rings is 2. The zero-order valence-corrected chi connectivity index (χ0v) is 18.7. The molecule has 2 aromatic carbocycles. The summed E-state index contributed by atoms with van der Waals surface area (Å²) < 4.78 is 10.5. The molecule has 32 heavy (non-hydrogen) atoms. The molecule has 1 unspecified atom stereocenters. The van der Waals surface area contributed by atoms with Gasteiger partial charge in [0.15, 0.2) is 5.78 Å². The maximum atomic E-state index is 13.3. The van der Waals surface area contributed by atoms with Crippen LogP contribution in [-0.2, 0) is 32.0 Å². The number of carbonyl (C=O) groups is 3. The van der Waals surface area contributed by atoms with Crippen molar-refractivity contribution in [3.63, 3.8) is 0 Å². The number of Topliss-reactive ketones (excluding diaryl/α,β-unsaturated/α-hetero) is 1. The lowest BCUT2D eigenvalue weighted by Crippen LogP contribution is -2.51. The van der Waals surface area contributed by atoms with E-state index in [1.165, 1.54) is 0 Å². The average Bonchev–Trinajstić information content (AvgIpc) is 3.55. The van der Waals surface area contributed by atoms with Crippen LogP contribution in [-0.4, -0.2) is 43.0 Å². The van der Waals surface area contributed by atoms with Gasteiger partial charge in [-0.15, -0.1) is 0 Å². The zero-order chi connectivity index (χ0) is 23.3. The number of carbonyl (C=O) groups excluding carboxylic acids is 3. The molecule has 2 aromatic rings. The van der Waals surface area contributed by atoms with Crippen molar-refractivity contribution < 1.29 is 23.9 Å². The van der Waals surface area contributed by atoms with Crippen LogP contribution in [0.3, 0.4) is 0 Å². The van der Waals surface area contributed by atoms with Crippen LogP contribution in [0.1, 0.15) is 25.0 Å². The summed E-state index contributed by atoms with van der Waals surface area (Å²) in [6, 6.07) is 16.0. The highest BCUT2D eigenvalue weighted by Crippen LogP contribution is 2.29. The number of hydrogen-bond acceptors (Lipinski definition) is 5. The third kappa shape index (κ3) is 5.73. The average molecular weight is 439 g/mol. The topological polar surface area (TPSA) is 111 Å². The number of primary amides is 1. The Morgan fingerprint density at radius 2 is 1.66 bits per heavy atom. The van der Waals surface area contributed by atoms with Crippen LogP contribution in [0.5, 0.6) is 5.75 Å². The molecule has 0 bridgehead atoms. The van der Waals surface area contributed by atoms with Crippen molar-refractivity contribution >= 4 is 17.6 Å². The second-order valence-electron chi connectivity index (χ2n) is 8.48. The lowest BCUT2D eigenvalue weighted by Gasteiger charge is -2.26. The number of methoxy groups -OCH3 is 1. The normalized spacial score (nSPS) is 20.0. The van der Waals surface area contributed by atoms with Gasteiger partial charge in [0.1, 0.15) is 11.4 Å². The van der Waals surface area contributed by atoms with E-state index in [4.69, 9.17) is 15.2 Å². The van der Waals surface area contributed by atoms with Crippen molar-refractivity contribution in [3.8, 4) is 5.75 Å². The monoisotopic (exact) mass is 438 g/mol. The van der Waals surface area contributed by atoms with E-state index in [0.29, 0.717) is 25.2 Å². The molecule has 0 spiro atoms. The highest BCUT2D eigenvalue weighted by molar-refractivity contribution is 5.97. The Morgan fingerprint density at radius 1 is 1.06 bits per heavy atom. The predicted octanol–water partition coefficient (Wildman–Crippen LogP) is 2.06. The van der Waals surface area contributed by atoms with Crippen molar-refractivity contribution in [2.45, 2.75) is 38.3 Å². The summed E-state index contributed by atoms with van der Waals surface area (Å²) in [5, 5.41) is 2.89. The van der Waals surface area contributed by atoms with Crippen molar-refractivity contribution in [2.24, 2.45) is 17.6 Å². The molecule has 0 aromatic heterocycles. The molecule has 1 aliphatic heterocycles. The minimum Gasteiger partial charge on any atom is -0.497 e. The highest BCUT2D eigenvalue weighted by Gasteiger charge is 2.50. The summed E-state index contributed by atoms with van der Waals surface area (Å²) in [7, 11) is 1.58. The van der Waals surface area contributed by atoms with E-state index in [1.807, 2.05) is 42.5 Å². The van der Waals surface area contributed by atoms with Gasteiger partial charge in [0.25, 0.3) is 0 Å².